The van der Waals surface area contributed by atoms with E-state index in [2.05, 4.69) is 57.4 Å². The Balaban J connectivity index is 1.67. The minimum atomic E-state index is -0.247. The average molecular weight is 409 g/mol. The number of benzene rings is 1. The molecule has 1 N–H and O–H groups in total. The van der Waals surface area contributed by atoms with E-state index >= 15 is 0 Å². The number of anilines is 2. The number of halogens is 1. The summed E-state index contributed by atoms with van der Waals surface area (Å²) in [5.74, 6) is 1.38. The monoisotopic (exact) mass is 408 g/mol. The molecule has 0 saturated carbocycles. The first-order valence-corrected chi connectivity index (χ1v) is 10.3. The van der Waals surface area contributed by atoms with Crippen LogP contribution < -0.4 is 10.2 Å². The molecule has 30 heavy (non-hydrogen) atoms. The van der Waals surface area contributed by atoms with Crippen molar-refractivity contribution in [3.63, 3.8) is 0 Å². The highest BCUT2D eigenvalue weighted by atomic mass is 19.1. The Labute approximate surface area is 177 Å². The van der Waals surface area contributed by atoms with Crippen LogP contribution >= 0.6 is 0 Å². The average Bonchev–Trinajstić information content (AvgIpc) is 2.69. The molecule has 0 bridgehead atoms. The smallest absolute Gasteiger partial charge is 0.157 e. The van der Waals surface area contributed by atoms with E-state index in [1.54, 1.807) is 19.1 Å². The van der Waals surface area contributed by atoms with E-state index < -0.39 is 0 Å². The summed E-state index contributed by atoms with van der Waals surface area (Å²) in [7, 11) is 4.22. The summed E-state index contributed by atoms with van der Waals surface area (Å²) in [6, 6.07) is 7.27. The van der Waals surface area contributed by atoms with Gasteiger partial charge in [-0.1, -0.05) is 18.2 Å². The molecule has 7 heteroatoms. The molecule has 1 fully saturated rings. The molecule has 1 aliphatic rings. The van der Waals surface area contributed by atoms with E-state index in [1.165, 1.54) is 0 Å². The fraction of sp³-hybridized carbons (Fsp3) is 0.435. The topological polar surface area (TPSA) is 57.2 Å². The summed E-state index contributed by atoms with van der Waals surface area (Å²) in [6.07, 6.45) is 1.86. The van der Waals surface area contributed by atoms with Crippen molar-refractivity contribution in [3.8, 4) is 0 Å². The van der Waals surface area contributed by atoms with Crippen molar-refractivity contribution in [1.82, 2.24) is 20.1 Å². The van der Waals surface area contributed by atoms with Crippen molar-refractivity contribution in [2.75, 3.05) is 37.4 Å². The van der Waals surface area contributed by atoms with Crippen LogP contribution in [0.4, 0.5) is 16.0 Å². The first kappa shape index (κ1) is 20.5. The standard InChI is InChI=1S/C23H29FN6/c1-14-8-7-9-17(21(14)24)15(2)26-22-18-10-20(25-11-19(18)16(3)27-28-22)30-12-23(4,13-30)29(5)6/h7-11,15H,12-13H2,1-6H3,(H,26,28)/t15-/m1/s1. The minimum absolute atomic E-state index is 0.154. The summed E-state index contributed by atoms with van der Waals surface area (Å²) >= 11 is 0. The zero-order chi connectivity index (χ0) is 21.6. The molecule has 158 valence electrons. The van der Waals surface area contributed by atoms with Crippen LogP contribution in [0.2, 0.25) is 0 Å². The van der Waals surface area contributed by atoms with Crippen LogP contribution in [0.3, 0.4) is 0 Å². The number of fused-ring (bicyclic) bond motifs is 1. The van der Waals surface area contributed by atoms with Crippen LogP contribution in [0.1, 0.15) is 36.7 Å². The Bertz CT molecular complexity index is 1090. The third kappa shape index (κ3) is 3.47. The van der Waals surface area contributed by atoms with Crippen molar-refractivity contribution >= 4 is 22.4 Å². The normalized spacial score (nSPS) is 16.6. The molecule has 1 aromatic carbocycles. The van der Waals surface area contributed by atoms with Crippen LogP contribution in [0.15, 0.2) is 30.5 Å². The molecule has 0 radical (unpaired) electrons. The molecule has 1 saturated heterocycles. The zero-order valence-electron chi connectivity index (χ0n) is 18.5. The lowest BCUT2D eigenvalue weighted by molar-refractivity contribution is 0.132. The Hall–Kier alpha value is -2.80. The molecule has 2 aromatic heterocycles. The quantitative estimate of drug-likeness (QED) is 0.686. The van der Waals surface area contributed by atoms with E-state index in [9.17, 15) is 4.39 Å². The molecular weight excluding hydrogens is 379 g/mol. The molecule has 6 nitrogen and oxygen atoms in total. The number of pyridine rings is 1. The van der Waals surface area contributed by atoms with Crippen LogP contribution in [-0.2, 0) is 0 Å². The highest BCUT2D eigenvalue weighted by molar-refractivity contribution is 5.94. The highest BCUT2D eigenvalue weighted by Gasteiger charge is 2.41. The number of hydrogen-bond acceptors (Lipinski definition) is 6. The van der Waals surface area contributed by atoms with Crippen molar-refractivity contribution in [1.29, 1.82) is 0 Å². The minimum Gasteiger partial charge on any atom is -0.361 e. The fourth-order valence-corrected chi connectivity index (χ4v) is 3.95. The SMILES string of the molecule is Cc1cccc([C@@H](C)Nc2nnc(C)c3cnc(N4CC(C)(N(C)C)C4)cc23)c1F. The molecule has 0 aliphatic carbocycles. The van der Waals surface area contributed by atoms with E-state index in [-0.39, 0.29) is 17.4 Å². The number of likely N-dealkylation sites (N-methyl/N-ethyl adjacent to an activating group) is 1. The second-order valence-electron chi connectivity index (χ2n) is 8.81. The largest absolute Gasteiger partial charge is 0.361 e. The summed E-state index contributed by atoms with van der Waals surface area (Å²) in [4.78, 5) is 9.19. The van der Waals surface area contributed by atoms with E-state index in [0.717, 1.165) is 35.4 Å². The third-order valence-electron chi connectivity index (χ3n) is 6.34. The molecule has 4 rings (SSSR count). The zero-order valence-corrected chi connectivity index (χ0v) is 18.5. The van der Waals surface area contributed by atoms with Crippen LogP contribution in [0.25, 0.3) is 10.8 Å². The van der Waals surface area contributed by atoms with Gasteiger partial charge in [-0.05, 0) is 53.4 Å². The van der Waals surface area contributed by atoms with Gasteiger partial charge in [0.15, 0.2) is 5.82 Å². The summed E-state index contributed by atoms with van der Waals surface area (Å²) in [6.45, 7) is 9.74. The Morgan fingerprint density at radius 1 is 1.17 bits per heavy atom. The second-order valence-corrected chi connectivity index (χ2v) is 8.81. The van der Waals surface area contributed by atoms with E-state index in [4.69, 9.17) is 0 Å². The van der Waals surface area contributed by atoms with Gasteiger partial charge in [0.05, 0.1) is 17.3 Å². The predicted molar refractivity (Wildman–Crippen MR) is 120 cm³/mol. The summed E-state index contributed by atoms with van der Waals surface area (Å²) in [5, 5.41) is 13.9. The molecule has 0 spiro atoms. The van der Waals surface area contributed by atoms with Crippen LogP contribution in [0, 0.1) is 19.7 Å². The van der Waals surface area contributed by atoms with Crippen molar-refractivity contribution in [3.05, 3.63) is 53.1 Å². The summed E-state index contributed by atoms with van der Waals surface area (Å²) in [5.41, 5.74) is 2.23. The van der Waals surface area contributed by atoms with E-state index in [1.807, 2.05) is 26.1 Å². The van der Waals surface area contributed by atoms with Gasteiger partial charge in [-0.15, -0.1) is 5.10 Å². The van der Waals surface area contributed by atoms with Gasteiger partial charge >= 0.3 is 0 Å². The number of hydrogen-bond donors (Lipinski definition) is 1. The molecular formula is C23H29FN6. The number of nitrogens with one attached hydrogen (secondary N) is 1. The van der Waals surface area contributed by atoms with Crippen molar-refractivity contribution in [2.24, 2.45) is 0 Å². The fourth-order valence-electron chi connectivity index (χ4n) is 3.95. The van der Waals surface area contributed by atoms with E-state index in [0.29, 0.717) is 16.9 Å². The number of aryl methyl sites for hydroxylation is 2. The lowest BCUT2D eigenvalue weighted by Crippen LogP contribution is -2.67. The first-order valence-electron chi connectivity index (χ1n) is 10.3. The Morgan fingerprint density at radius 3 is 2.60 bits per heavy atom. The van der Waals surface area contributed by atoms with Gasteiger partial charge < -0.3 is 15.1 Å². The Kier molecular flexibility index (Phi) is 5.10. The van der Waals surface area contributed by atoms with Gasteiger partial charge in [-0.25, -0.2) is 9.37 Å². The maximum absolute atomic E-state index is 14.6. The second kappa shape index (κ2) is 7.47. The van der Waals surface area contributed by atoms with Gasteiger partial charge in [0.1, 0.15) is 11.6 Å². The summed E-state index contributed by atoms with van der Waals surface area (Å²) < 4.78 is 14.6. The lowest BCUT2D eigenvalue weighted by Gasteiger charge is -2.52. The van der Waals surface area contributed by atoms with Gasteiger partial charge in [-0.2, -0.15) is 5.10 Å². The molecule has 3 heterocycles. The number of aromatic nitrogens is 3. The van der Waals surface area contributed by atoms with Gasteiger partial charge in [0, 0.05) is 35.6 Å². The van der Waals surface area contributed by atoms with Crippen molar-refractivity contribution in [2.45, 2.75) is 39.3 Å². The Morgan fingerprint density at radius 2 is 1.90 bits per heavy atom. The maximum atomic E-state index is 14.6. The van der Waals surface area contributed by atoms with Crippen LogP contribution in [0.5, 0.6) is 0 Å². The number of rotatable bonds is 5. The molecule has 3 aromatic rings. The predicted octanol–water partition coefficient (Wildman–Crippen LogP) is 4.09. The third-order valence-corrected chi connectivity index (χ3v) is 6.34. The molecule has 0 unspecified atom stereocenters. The first-order chi connectivity index (χ1) is 14.2. The number of nitrogens with zero attached hydrogens (tertiary/aromatic N) is 5. The maximum Gasteiger partial charge on any atom is 0.157 e. The molecule has 0 amide bonds. The van der Waals surface area contributed by atoms with Crippen LogP contribution in [-0.4, -0.2) is 52.8 Å². The van der Waals surface area contributed by atoms with Gasteiger partial charge in [0.2, 0.25) is 0 Å². The van der Waals surface area contributed by atoms with Gasteiger partial charge in [0.25, 0.3) is 0 Å². The molecule has 1 atom stereocenters. The van der Waals surface area contributed by atoms with Crippen molar-refractivity contribution < 1.29 is 4.39 Å². The van der Waals surface area contributed by atoms with Gasteiger partial charge in [-0.3, -0.25) is 0 Å². The highest BCUT2D eigenvalue weighted by Crippen LogP contribution is 2.33. The molecule has 1 aliphatic heterocycles. The lowest BCUT2D eigenvalue weighted by atomic mass is 9.91.